The maximum Gasteiger partial charge on any atom is 0.137 e. The molecule has 0 radical (unpaired) electrons. The second-order valence-electron chi connectivity index (χ2n) is 8.85. The third kappa shape index (κ3) is 3.26. The van der Waals surface area contributed by atoms with Gasteiger partial charge in [-0.15, -0.1) is 0 Å². The lowest BCUT2D eigenvalue weighted by atomic mass is 10.1. The molecule has 1 aliphatic heterocycles. The lowest BCUT2D eigenvalue weighted by Gasteiger charge is -2.20. The Kier molecular flexibility index (Phi) is 4.20. The van der Waals surface area contributed by atoms with Crippen LogP contribution in [-0.4, -0.2) is 51.0 Å². The smallest absolute Gasteiger partial charge is 0.137 e. The average molecular weight is 404 g/mol. The molecule has 8 nitrogen and oxygen atoms in total. The first kappa shape index (κ1) is 18.9. The molecule has 0 bridgehead atoms. The van der Waals surface area contributed by atoms with Gasteiger partial charge in [0.25, 0.3) is 0 Å². The second kappa shape index (κ2) is 6.69. The molecule has 3 N–H and O–H groups in total. The van der Waals surface area contributed by atoms with Gasteiger partial charge in [0, 0.05) is 30.9 Å². The predicted molar refractivity (Wildman–Crippen MR) is 112 cm³/mol. The Morgan fingerprint density at radius 2 is 2.03 bits per heavy atom. The lowest BCUT2D eigenvalue weighted by molar-refractivity contribution is 0.0283. The Morgan fingerprint density at radius 1 is 1.27 bits per heavy atom. The van der Waals surface area contributed by atoms with Crippen molar-refractivity contribution in [1.29, 1.82) is 5.26 Å². The van der Waals surface area contributed by atoms with Crippen LogP contribution in [0.25, 0.3) is 16.8 Å². The van der Waals surface area contributed by atoms with Gasteiger partial charge in [-0.25, -0.2) is 9.50 Å². The number of hydrogen-bond acceptors (Lipinski definition) is 7. The molecule has 8 heteroatoms. The first-order valence-electron chi connectivity index (χ1n) is 10.1. The van der Waals surface area contributed by atoms with Gasteiger partial charge in [-0.3, -0.25) is 0 Å². The Morgan fingerprint density at radius 3 is 2.67 bits per heavy atom. The molecule has 1 unspecified atom stereocenters. The van der Waals surface area contributed by atoms with Crippen LogP contribution in [0, 0.1) is 23.2 Å². The second-order valence-corrected chi connectivity index (χ2v) is 8.85. The standard InChI is InChI=1S/C22H24N6O2/c1-22(2,29)12-30-14-4-5-18-15(7-23)21(26-28(18)9-14)13-3-6-19(25-8-13)27-10-16-17(11-27)20(16)24/h3-6,8-9,16-17,20,29H,10-12,24H2,1-2H3/t16-,17+,20?. The third-order valence-corrected chi connectivity index (χ3v) is 5.91. The zero-order valence-electron chi connectivity index (χ0n) is 17.0. The van der Waals surface area contributed by atoms with E-state index in [9.17, 15) is 10.4 Å². The number of aliphatic hydroxyl groups is 1. The van der Waals surface area contributed by atoms with Crippen molar-refractivity contribution in [2.75, 3.05) is 24.6 Å². The average Bonchev–Trinajstić information content (AvgIpc) is 3.10. The molecular formula is C22H24N6O2. The highest BCUT2D eigenvalue weighted by molar-refractivity contribution is 5.77. The molecule has 1 saturated carbocycles. The van der Waals surface area contributed by atoms with Gasteiger partial charge in [0.2, 0.25) is 0 Å². The summed E-state index contributed by atoms with van der Waals surface area (Å²) in [7, 11) is 0. The third-order valence-electron chi connectivity index (χ3n) is 5.91. The fourth-order valence-corrected chi connectivity index (χ4v) is 4.16. The summed E-state index contributed by atoms with van der Waals surface area (Å²) in [5.74, 6) is 2.70. The molecule has 0 spiro atoms. The molecular weight excluding hydrogens is 380 g/mol. The van der Waals surface area contributed by atoms with E-state index in [4.69, 9.17) is 10.5 Å². The summed E-state index contributed by atoms with van der Waals surface area (Å²) in [5, 5.41) is 24.2. The van der Waals surface area contributed by atoms with Crippen LogP contribution < -0.4 is 15.4 Å². The summed E-state index contributed by atoms with van der Waals surface area (Å²) in [4.78, 5) is 6.88. The number of pyridine rings is 2. The molecule has 0 amide bonds. The first-order chi connectivity index (χ1) is 14.3. The van der Waals surface area contributed by atoms with Crippen molar-refractivity contribution < 1.29 is 9.84 Å². The van der Waals surface area contributed by atoms with E-state index in [2.05, 4.69) is 21.1 Å². The molecule has 1 saturated heterocycles. The Labute approximate surface area is 174 Å². The van der Waals surface area contributed by atoms with Crippen molar-refractivity contribution in [2.24, 2.45) is 17.6 Å². The first-order valence-corrected chi connectivity index (χ1v) is 10.1. The number of ether oxygens (including phenoxy) is 1. The quantitative estimate of drug-likeness (QED) is 0.667. The van der Waals surface area contributed by atoms with E-state index in [0.29, 0.717) is 40.4 Å². The van der Waals surface area contributed by atoms with E-state index in [1.165, 1.54) is 0 Å². The molecule has 3 atom stereocenters. The Balaban J connectivity index is 1.41. The predicted octanol–water partition coefficient (Wildman–Crippen LogP) is 1.81. The molecule has 3 aromatic rings. The zero-order valence-corrected chi connectivity index (χ0v) is 17.0. The highest BCUT2D eigenvalue weighted by Crippen LogP contribution is 2.45. The summed E-state index contributed by atoms with van der Waals surface area (Å²) in [6.45, 7) is 5.45. The van der Waals surface area contributed by atoms with Crippen molar-refractivity contribution in [3.05, 3.63) is 42.2 Å². The van der Waals surface area contributed by atoms with Crippen LogP contribution in [-0.2, 0) is 0 Å². The van der Waals surface area contributed by atoms with Crippen LogP contribution in [0.5, 0.6) is 5.75 Å². The Hall–Kier alpha value is -3.15. The van der Waals surface area contributed by atoms with Gasteiger partial charge in [0.15, 0.2) is 0 Å². The number of nitrogens with zero attached hydrogens (tertiary/aromatic N) is 5. The summed E-state index contributed by atoms with van der Waals surface area (Å²) in [6, 6.07) is 10.1. The van der Waals surface area contributed by atoms with Crippen molar-refractivity contribution in [2.45, 2.75) is 25.5 Å². The van der Waals surface area contributed by atoms with Gasteiger partial charge >= 0.3 is 0 Å². The Bertz CT molecular complexity index is 1130. The number of nitrogens with two attached hydrogens (primary N) is 1. The monoisotopic (exact) mass is 404 g/mol. The number of piperidine rings is 1. The van der Waals surface area contributed by atoms with Crippen LogP contribution >= 0.6 is 0 Å². The number of hydrogen-bond donors (Lipinski definition) is 2. The molecule has 4 heterocycles. The van der Waals surface area contributed by atoms with Crippen LogP contribution in [0.3, 0.4) is 0 Å². The summed E-state index contributed by atoms with van der Waals surface area (Å²) < 4.78 is 7.27. The van der Waals surface area contributed by atoms with Crippen molar-refractivity contribution in [3.63, 3.8) is 0 Å². The molecule has 2 fully saturated rings. The molecule has 154 valence electrons. The number of anilines is 1. The molecule has 2 aliphatic rings. The summed E-state index contributed by atoms with van der Waals surface area (Å²) >= 11 is 0. The summed E-state index contributed by atoms with van der Waals surface area (Å²) in [5.41, 5.74) is 7.65. The maximum absolute atomic E-state index is 9.85. The molecule has 0 aromatic carbocycles. The SMILES string of the molecule is CC(C)(O)COc1ccc2c(C#N)c(-c3ccc(N4C[C@@H]5C(N)[C@@H]5C4)nc3)nn2c1. The topological polar surface area (TPSA) is 113 Å². The minimum Gasteiger partial charge on any atom is -0.489 e. The number of fused-ring (bicyclic) bond motifs is 2. The van der Waals surface area contributed by atoms with Gasteiger partial charge in [0.1, 0.15) is 35.5 Å². The van der Waals surface area contributed by atoms with E-state index < -0.39 is 5.60 Å². The van der Waals surface area contributed by atoms with Crippen molar-refractivity contribution in [3.8, 4) is 23.1 Å². The highest BCUT2D eigenvalue weighted by atomic mass is 16.5. The van der Waals surface area contributed by atoms with Crippen LogP contribution in [0.4, 0.5) is 5.82 Å². The lowest BCUT2D eigenvalue weighted by Crippen LogP contribution is -2.28. The zero-order chi connectivity index (χ0) is 21.0. The minimum absolute atomic E-state index is 0.159. The van der Waals surface area contributed by atoms with Crippen LogP contribution in [0.2, 0.25) is 0 Å². The maximum atomic E-state index is 9.85. The van der Waals surface area contributed by atoms with Gasteiger partial charge in [-0.1, -0.05) is 0 Å². The van der Waals surface area contributed by atoms with E-state index in [1.807, 2.05) is 12.1 Å². The number of rotatable bonds is 5. The number of nitriles is 1. The van der Waals surface area contributed by atoms with Crippen molar-refractivity contribution in [1.82, 2.24) is 14.6 Å². The number of aromatic nitrogens is 3. The largest absolute Gasteiger partial charge is 0.489 e. The van der Waals surface area contributed by atoms with E-state index in [0.717, 1.165) is 24.5 Å². The van der Waals surface area contributed by atoms with Crippen LogP contribution in [0.1, 0.15) is 19.4 Å². The summed E-state index contributed by atoms with van der Waals surface area (Å²) in [6.07, 6.45) is 3.49. The molecule has 30 heavy (non-hydrogen) atoms. The van der Waals surface area contributed by atoms with Gasteiger partial charge in [-0.05, 0) is 49.9 Å². The molecule has 1 aliphatic carbocycles. The molecule has 3 aromatic heterocycles. The molecule has 5 rings (SSSR count). The minimum atomic E-state index is -0.934. The van der Waals surface area contributed by atoms with Gasteiger partial charge < -0.3 is 20.5 Å². The van der Waals surface area contributed by atoms with Gasteiger partial charge in [0.05, 0.1) is 17.3 Å². The van der Waals surface area contributed by atoms with E-state index in [1.54, 1.807) is 42.9 Å². The normalized spacial score (nSPS) is 22.8. The fourth-order valence-electron chi connectivity index (χ4n) is 4.16. The fraction of sp³-hybridized carbons (Fsp3) is 0.409. The van der Waals surface area contributed by atoms with Crippen molar-refractivity contribution >= 4 is 11.3 Å². The van der Waals surface area contributed by atoms with Gasteiger partial charge in [-0.2, -0.15) is 10.4 Å². The highest BCUT2D eigenvalue weighted by Gasteiger charge is 2.53. The van der Waals surface area contributed by atoms with Crippen LogP contribution in [0.15, 0.2) is 36.7 Å². The van der Waals surface area contributed by atoms with E-state index >= 15 is 0 Å². The van der Waals surface area contributed by atoms with E-state index in [-0.39, 0.29) is 6.61 Å².